The second kappa shape index (κ2) is 7.34. The first kappa shape index (κ1) is 17.1. The number of ether oxygens (including phenoxy) is 2. The van der Waals surface area contributed by atoms with Crippen molar-refractivity contribution >= 4 is 0 Å². The van der Waals surface area contributed by atoms with Crippen molar-refractivity contribution in [2.75, 3.05) is 46.9 Å². The summed E-state index contributed by atoms with van der Waals surface area (Å²) in [6.07, 6.45) is 0. The second-order valence-corrected chi connectivity index (χ2v) is 7.30. The van der Waals surface area contributed by atoms with Crippen LogP contribution in [0.5, 0.6) is 11.5 Å². The van der Waals surface area contributed by atoms with Gasteiger partial charge in [-0.1, -0.05) is 26.8 Å². The van der Waals surface area contributed by atoms with Gasteiger partial charge in [0.2, 0.25) is 0 Å². The maximum absolute atomic E-state index is 5.39. The Balaban J connectivity index is 1.88. The molecule has 0 N–H and O–H groups in total. The fourth-order valence-corrected chi connectivity index (χ4v) is 3.01. The van der Waals surface area contributed by atoms with Crippen molar-refractivity contribution < 1.29 is 9.47 Å². The monoisotopic (exact) mass is 306 g/mol. The lowest BCUT2D eigenvalue weighted by Gasteiger charge is -2.37. The standard InChI is InChI=1S/C18H30N2O2/c1-18(2,3)14-20-10-8-19(9-11-20)13-15-6-7-16(21-4)17(12-15)22-5/h6-7,12H,8-11,13-14H2,1-5H3. The Kier molecular flexibility index (Phi) is 5.70. The molecule has 0 aliphatic carbocycles. The molecule has 1 fully saturated rings. The molecule has 4 nitrogen and oxygen atoms in total. The molecule has 0 saturated carbocycles. The molecule has 0 atom stereocenters. The van der Waals surface area contributed by atoms with Gasteiger partial charge in [-0.15, -0.1) is 0 Å². The van der Waals surface area contributed by atoms with E-state index in [4.69, 9.17) is 9.47 Å². The zero-order valence-corrected chi connectivity index (χ0v) is 14.7. The number of rotatable bonds is 5. The molecule has 0 aromatic heterocycles. The molecule has 0 spiro atoms. The highest BCUT2D eigenvalue weighted by Crippen LogP contribution is 2.28. The first-order chi connectivity index (χ1) is 10.4. The third-order valence-electron chi connectivity index (χ3n) is 4.02. The average molecular weight is 306 g/mol. The summed E-state index contributed by atoms with van der Waals surface area (Å²) in [6.45, 7) is 13.7. The van der Waals surface area contributed by atoms with Gasteiger partial charge < -0.3 is 14.4 Å². The molecule has 1 aliphatic rings. The first-order valence-electron chi connectivity index (χ1n) is 8.07. The minimum absolute atomic E-state index is 0.380. The Morgan fingerprint density at radius 2 is 1.50 bits per heavy atom. The van der Waals surface area contributed by atoms with Crippen LogP contribution in [0.1, 0.15) is 26.3 Å². The van der Waals surface area contributed by atoms with Gasteiger partial charge in [-0.2, -0.15) is 0 Å². The summed E-state index contributed by atoms with van der Waals surface area (Å²) in [5, 5.41) is 0. The van der Waals surface area contributed by atoms with Crippen LogP contribution in [0.4, 0.5) is 0 Å². The van der Waals surface area contributed by atoms with E-state index in [0.29, 0.717) is 5.41 Å². The van der Waals surface area contributed by atoms with Gasteiger partial charge in [-0.25, -0.2) is 0 Å². The molecule has 1 aromatic rings. The molecule has 0 bridgehead atoms. The van der Waals surface area contributed by atoms with Gasteiger partial charge >= 0.3 is 0 Å². The van der Waals surface area contributed by atoms with Crippen molar-refractivity contribution in [3.05, 3.63) is 23.8 Å². The Labute approximate surface area is 135 Å². The Morgan fingerprint density at radius 1 is 0.909 bits per heavy atom. The number of piperazine rings is 1. The molecular weight excluding hydrogens is 276 g/mol. The van der Waals surface area contributed by atoms with Gasteiger partial charge in [-0.05, 0) is 23.1 Å². The minimum atomic E-state index is 0.380. The number of hydrogen-bond acceptors (Lipinski definition) is 4. The van der Waals surface area contributed by atoms with Gasteiger partial charge in [0.05, 0.1) is 14.2 Å². The zero-order valence-electron chi connectivity index (χ0n) is 14.7. The zero-order chi connectivity index (χ0) is 16.2. The van der Waals surface area contributed by atoms with Crippen LogP contribution in [-0.2, 0) is 6.54 Å². The Bertz CT molecular complexity index is 474. The van der Waals surface area contributed by atoms with Crippen LogP contribution in [0.3, 0.4) is 0 Å². The molecular formula is C18H30N2O2. The van der Waals surface area contributed by atoms with Gasteiger partial charge in [0, 0.05) is 39.3 Å². The topological polar surface area (TPSA) is 24.9 Å². The van der Waals surface area contributed by atoms with Crippen molar-refractivity contribution in [2.45, 2.75) is 27.3 Å². The summed E-state index contributed by atoms with van der Waals surface area (Å²) in [4.78, 5) is 5.09. The summed E-state index contributed by atoms with van der Waals surface area (Å²) in [6, 6.07) is 6.20. The maximum atomic E-state index is 5.39. The first-order valence-corrected chi connectivity index (χ1v) is 8.07. The van der Waals surface area contributed by atoms with Gasteiger partial charge in [0.1, 0.15) is 0 Å². The smallest absolute Gasteiger partial charge is 0.161 e. The second-order valence-electron chi connectivity index (χ2n) is 7.30. The fourth-order valence-electron chi connectivity index (χ4n) is 3.01. The van der Waals surface area contributed by atoms with Crippen LogP contribution >= 0.6 is 0 Å². The summed E-state index contributed by atoms with van der Waals surface area (Å²) in [5.41, 5.74) is 1.66. The highest BCUT2D eigenvalue weighted by atomic mass is 16.5. The van der Waals surface area contributed by atoms with Gasteiger partial charge in [-0.3, -0.25) is 4.90 Å². The largest absolute Gasteiger partial charge is 0.493 e. The highest BCUT2D eigenvalue weighted by Gasteiger charge is 2.21. The predicted octanol–water partition coefficient (Wildman–Crippen LogP) is 2.87. The molecule has 4 heteroatoms. The number of hydrogen-bond donors (Lipinski definition) is 0. The van der Waals surface area contributed by atoms with E-state index < -0.39 is 0 Å². The molecule has 22 heavy (non-hydrogen) atoms. The molecule has 2 rings (SSSR count). The molecule has 0 radical (unpaired) electrons. The lowest BCUT2D eigenvalue weighted by molar-refractivity contribution is 0.0983. The molecule has 0 unspecified atom stereocenters. The lowest BCUT2D eigenvalue weighted by atomic mass is 9.96. The molecule has 1 aliphatic heterocycles. The van der Waals surface area contributed by atoms with Gasteiger partial charge in [0.25, 0.3) is 0 Å². The van der Waals surface area contributed by atoms with Crippen molar-refractivity contribution in [3.63, 3.8) is 0 Å². The van der Waals surface area contributed by atoms with E-state index in [1.807, 2.05) is 6.07 Å². The summed E-state index contributed by atoms with van der Waals surface area (Å²) >= 11 is 0. The van der Waals surface area contributed by atoms with E-state index in [0.717, 1.165) is 44.2 Å². The van der Waals surface area contributed by atoms with E-state index in [2.05, 4.69) is 42.7 Å². The molecule has 1 saturated heterocycles. The van der Waals surface area contributed by atoms with Crippen molar-refractivity contribution in [3.8, 4) is 11.5 Å². The van der Waals surface area contributed by atoms with Crippen molar-refractivity contribution in [2.24, 2.45) is 5.41 Å². The Hall–Kier alpha value is -1.26. The van der Waals surface area contributed by atoms with Gasteiger partial charge in [0.15, 0.2) is 11.5 Å². The maximum Gasteiger partial charge on any atom is 0.161 e. The van der Waals surface area contributed by atoms with Crippen LogP contribution in [0, 0.1) is 5.41 Å². The van der Waals surface area contributed by atoms with E-state index in [-0.39, 0.29) is 0 Å². The Morgan fingerprint density at radius 3 is 2.05 bits per heavy atom. The highest BCUT2D eigenvalue weighted by molar-refractivity contribution is 5.42. The predicted molar refractivity (Wildman–Crippen MR) is 90.7 cm³/mol. The third-order valence-corrected chi connectivity index (χ3v) is 4.02. The SMILES string of the molecule is COc1ccc(CN2CCN(CC(C)(C)C)CC2)cc1OC. The van der Waals surface area contributed by atoms with Crippen LogP contribution in [-0.4, -0.2) is 56.7 Å². The van der Waals surface area contributed by atoms with E-state index >= 15 is 0 Å². The third kappa shape index (κ3) is 4.89. The molecule has 124 valence electrons. The van der Waals surface area contributed by atoms with E-state index in [1.165, 1.54) is 12.1 Å². The quantitative estimate of drug-likeness (QED) is 0.835. The molecule has 1 heterocycles. The summed E-state index contributed by atoms with van der Waals surface area (Å²) < 4.78 is 10.7. The molecule has 1 aromatic carbocycles. The molecule has 0 amide bonds. The number of nitrogens with zero attached hydrogens (tertiary/aromatic N) is 2. The van der Waals surface area contributed by atoms with Crippen molar-refractivity contribution in [1.82, 2.24) is 9.80 Å². The van der Waals surface area contributed by atoms with Crippen LogP contribution in [0.2, 0.25) is 0 Å². The average Bonchev–Trinajstić information content (AvgIpc) is 2.47. The fraction of sp³-hybridized carbons (Fsp3) is 0.667. The minimum Gasteiger partial charge on any atom is -0.493 e. The normalized spacial score (nSPS) is 17.5. The lowest BCUT2D eigenvalue weighted by Crippen LogP contribution is -2.48. The van der Waals surface area contributed by atoms with Crippen LogP contribution < -0.4 is 9.47 Å². The summed E-state index contributed by atoms with van der Waals surface area (Å²) in [7, 11) is 3.36. The van der Waals surface area contributed by atoms with Crippen molar-refractivity contribution in [1.29, 1.82) is 0 Å². The summed E-state index contributed by atoms with van der Waals surface area (Å²) in [5.74, 6) is 1.60. The van der Waals surface area contributed by atoms with Crippen LogP contribution in [0.25, 0.3) is 0 Å². The van der Waals surface area contributed by atoms with Crippen LogP contribution in [0.15, 0.2) is 18.2 Å². The number of methoxy groups -OCH3 is 2. The van der Waals surface area contributed by atoms with E-state index in [1.54, 1.807) is 14.2 Å². The van der Waals surface area contributed by atoms with E-state index in [9.17, 15) is 0 Å². The number of benzene rings is 1.